The molecule has 5 N–H and O–H groups in total. The van der Waals surface area contributed by atoms with Crippen molar-refractivity contribution in [2.75, 3.05) is 46.5 Å². The van der Waals surface area contributed by atoms with Crippen LogP contribution < -0.4 is 5.32 Å². The van der Waals surface area contributed by atoms with Crippen LogP contribution in [0.2, 0.25) is 0 Å². The molecule has 258 valence electrons. The number of aliphatic hydroxyl groups is 3. The Hall–Kier alpha value is -1.42. The molecular weight excluding hydrogens is 576 g/mol. The number of nitrogens with zero attached hydrogens (tertiary/aromatic N) is 1. The number of methoxy groups -OCH3 is 1. The predicted octanol–water partition coefficient (Wildman–Crippen LogP) is 1.19. The van der Waals surface area contributed by atoms with E-state index in [2.05, 4.69) is 26.1 Å². The summed E-state index contributed by atoms with van der Waals surface area (Å²) in [4.78, 5) is 24.1. The molecule has 10 atom stereocenters. The third-order valence-electron chi connectivity index (χ3n) is 8.89. The van der Waals surface area contributed by atoms with Crippen molar-refractivity contribution in [1.29, 1.82) is 0 Å². The Morgan fingerprint density at radius 2 is 1.43 bits per heavy atom. The van der Waals surface area contributed by atoms with Gasteiger partial charge in [0.25, 0.3) is 0 Å². The van der Waals surface area contributed by atoms with E-state index in [4.69, 9.17) is 23.7 Å². The highest BCUT2D eigenvalue weighted by atomic mass is 16.7. The summed E-state index contributed by atoms with van der Waals surface area (Å²) in [6, 6.07) is -0.787. The van der Waals surface area contributed by atoms with Gasteiger partial charge in [0.05, 0.1) is 51.5 Å². The highest BCUT2D eigenvalue weighted by Crippen LogP contribution is 2.31. The fourth-order valence-corrected chi connectivity index (χ4v) is 6.40. The number of carboxylic acid groups (broad SMARTS) is 1. The molecule has 2 rings (SSSR count). The number of ether oxygens (including phenoxy) is 5. The Kier molecular flexibility index (Phi) is 17.0. The Labute approximate surface area is 262 Å². The molecule has 44 heavy (non-hydrogen) atoms. The molecule has 0 saturated carbocycles. The van der Waals surface area contributed by atoms with Gasteiger partial charge in [0.1, 0.15) is 36.6 Å². The zero-order valence-electron chi connectivity index (χ0n) is 27.6. The van der Waals surface area contributed by atoms with Gasteiger partial charge in [-0.05, 0) is 26.2 Å². The third kappa shape index (κ3) is 10.6. The summed E-state index contributed by atoms with van der Waals surface area (Å²) in [7, 11) is 1.21. The number of amides is 1. The quantitative estimate of drug-likeness (QED) is 0.0961. The maximum Gasteiger partial charge on any atom is 0.335 e. The van der Waals surface area contributed by atoms with E-state index in [1.807, 2.05) is 0 Å². The lowest BCUT2D eigenvalue weighted by Crippen LogP contribution is -2.68. The van der Waals surface area contributed by atoms with Crippen molar-refractivity contribution >= 4 is 11.9 Å². The number of rotatable bonds is 20. The minimum absolute atomic E-state index is 0.330. The molecule has 2 saturated heterocycles. The first kappa shape index (κ1) is 38.8. The molecule has 0 bridgehead atoms. The van der Waals surface area contributed by atoms with E-state index in [9.17, 15) is 30.0 Å². The minimum Gasteiger partial charge on any atom is -0.479 e. The zero-order valence-corrected chi connectivity index (χ0v) is 27.6. The van der Waals surface area contributed by atoms with Crippen LogP contribution in [0.25, 0.3) is 0 Å². The van der Waals surface area contributed by atoms with E-state index in [0.717, 1.165) is 75.6 Å². The van der Waals surface area contributed by atoms with Gasteiger partial charge < -0.3 is 53.9 Å². The van der Waals surface area contributed by atoms with Crippen molar-refractivity contribution in [3.8, 4) is 0 Å². The van der Waals surface area contributed by atoms with Crippen molar-refractivity contribution < 1.29 is 58.2 Å². The lowest BCUT2D eigenvalue weighted by atomic mass is 9.92. The van der Waals surface area contributed by atoms with E-state index in [1.54, 1.807) is 6.92 Å². The average molecular weight is 636 g/mol. The highest BCUT2D eigenvalue weighted by Gasteiger charge is 2.53. The van der Waals surface area contributed by atoms with Gasteiger partial charge in [-0.25, -0.2) is 4.79 Å². The molecule has 0 spiro atoms. The summed E-state index contributed by atoms with van der Waals surface area (Å²) < 4.78 is 30.3. The molecular formula is C31H59N2O11+. The van der Waals surface area contributed by atoms with Gasteiger partial charge in [0.15, 0.2) is 12.4 Å². The number of hydrogen-bond acceptors (Lipinski definition) is 10. The molecule has 0 aromatic heterocycles. The number of hydrogen-bond donors (Lipinski definition) is 5. The van der Waals surface area contributed by atoms with Gasteiger partial charge in [0.2, 0.25) is 5.91 Å². The first-order chi connectivity index (χ1) is 21.0. The van der Waals surface area contributed by atoms with E-state index < -0.39 is 73.7 Å². The van der Waals surface area contributed by atoms with E-state index in [-0.39, 0.29) is 5.91 Å². The predicted molar refractivity (Wildman–Crippen MR) is 162 cm³/mol. The van der Waals surface area contributed by atoms with Gasteiger partial charge in [-0.3, -0.25) is 4.79 Å². The summed E-state index contributed by atoms with van der Waals surface area (Å²) in [6.45, 7) is 13.9. The van der Waals surface area contributed by atoms with Gasteiger partial charge in [0, 0.05) is 20.5 Å². The first-order valence-corrected chi connectivity index (χ1v) is 16.4. The summed E-state index contributed by atoms with van der Waals surface area (Å²) in [6.07, 6.45) is -3.58. The van der Waals surface area contributed by atoms with Gasteiger partial charge in [-0.1, -0.05) is 40.0 Å². The molecule has 0 radical (unpaired) electrons. The normalized spacial score (nSPS) is 32.8. The lowest BCUT2D eigenvalue weighted by Gasteiger charge is -2.48. The number of quaternary nitrogens is 1. The second-order valence-electron chi connectivity index (χ2n) is 12.3. The number of carbonyl (C=O) groups excluding carboxylic acids is 1. The molecule has 6 unspecified atom stereocenters. The highest BCUT2D eigenvalue weighted by molar-refractivity contribution is 5.73. The van der Waals surface area contributed by atoms with E-state index >= 15 is 0 Å². The second-order valence-corrected chi connectivity index (χ2v) is 12.3. The summed E-state index contributed by atoms with van der Waals surface area (Å²) in [5.74, 6) is -1.76. The topological polar surface area (TPSA) is 173 Å². The summed E-state index contributed by atoms with van der Waals surface area (Å²) in [5, 5.41) is 44.3. The number of aliphatic carboxylic acids is 1. The van der Waals surface area contributed by atoms with Crippen molar-refractivity contribution in [3.05, 3.63) is 0 Å². The number of aliphatic hydroxyl groups excluding tert-OH is 3. The maximum absolute atomic E-state index is 12.2. The minimum atomic E-state index is -1.66. The van der Waals surface area contributed by atoms with Crippen molar-refractivity contribution in [2.24, 2.45) is 0 Å². The fraction of sp³-hybridized carbons (Fsp3) is 0.935. The molecule has 1 amide bonds. The van der Waals surface area contributed by atoms with Crippen LogP contribution in [0.1, 0.15) is 79.6 Å². The largest absolute Gasteiger partial charge is 0.479 e. The number of carboxylic acids is 1. The Bertz CT molecular complexity index is 828. The second kappa shape index (κ2) is 19.3. The SMILES string of the molecule is CCCC[N+](CCCC)(CCCC)CCCO[C@@H]1C(CO)O[C@@H](C)C(NC(C)=O)C1O[C@@H]1OC(C(=O)O)[C@@H](OC)C(O)C1O. The van der Waals surface area contributed by atoms with Gasteiger partial charge in [-0.15, -0.1) is 0 Å². The molecule has 0 aliphatic carbocycles. The Morgan fingerprint density at radius 1 is 0.864 bits per heavy atom. The number of unbranched alkanes of at least 4 members (excludes halogenated alkanes) is 3. The van der Waals surface area contributed by atoms with Crippen LogP contribution in [0.5, 0.6) is 0 Å². The maximum atomic E-state index is 12.2. The molecule has 2 heterocycles. The molecule has 2 aliphatic heterocycles. The average Bonchev–Trinajstić information content (AvgIpc) is 2.99. The van der Waals surface area contributed by atoms with Crippen LogP contribution in [0, 0.1) is 0 Å². The van der Waals surface area contributed by atoms with E-state index in [0.29, 0.717) is 6.61 Å². The van der Waals surface area contributed by atoms with Crippen LogP contribution >= 0.6 is 0 Å². The fourth-order valence-electron chi connectivity index (χ4n) is 6.40. The van der Waals surface area contributed by atoms with Crippen molar-refractivity contribution in [3.63, 3.8) is 0 Å². The molecule has 0 aromatic rings. The van der Waals surface area contributed by atoms with Gasteiger partial charge >= 0.3 is 5.97 Å². The molecule has 13 nitrogen and oxygen atoms in total. The standard InChI is InChI=1S/C31H58N2O11/c1-7-10-14-33(15-11-8-2,16-12-9-3)17-13-18-41-26-22(19-34)42-20(4)23(32-21(5)35)27(26)43-31-25(37)24(36)28(40-6)29(44-31)30(38)39/h20,22-29,31,34,36-37H,7-19H2,1-6H3,(H-,32,35,38,39)/p+1/t20-,22?,23?,24?,25?,26+,27?,28-,29?,31+/m0/s1. The number of nitrogens with one attached hydrogen (secondary N) is 1. The number of carbonyl (C=O) groups is 2. The summed E-state index contributed by atoms with van der Waals surface area (Å²) in [5.41, 5.74) is 0. The first-order valence-electron chi connectivity index (χ1n) is 16.4. The monoisotopic (exact) mass is 635 g/mol. The van der Waals surface area contributed by atoms with Crippen molar-refractivity contribution in [2.45, 2.75) is 141 Å². The molecule has 0 aromatic carbocycles. The lowest BCUT2D eigenvalue weighted by molar-refractivity contribution is -0.929. The van der Waals surface area contributed by atoms with E-state index in [1.165, 1.54) is 14.0 Å². The smallest absolute Gasteiger partial charge is 0.335 e. The molecule has 13 heteroatoms. The van der Waals surface area contributed by atoms with Crippen LogP contribution in [-0.4, -0.2) is 144 Å². The third-order valence-corrected chi connectivity index (χ3v) is 8.89. The van der Waals surface area contributed by atoms with Crippen molar-refractivity contribution in [1.82, 2.24) is 5.32 Å². The van der Waals surface area contributed by atoms with Crippen LogP contribution in [0.4, 0.5) is 0 Å². The van der Waals surface area contributed by atoms with Gasteiger partial charge in [-0.2, -0.15) is 0 Å². The molecule has 2 fully saturated rings. The van der Waals surface area contributed by atoms with Crippen LogP contribution in [0.3, 0.4) is 0 Å². The summed E-state index contributed by atoms with van der Waals surface area (Å²) >= 11 is 0. The molecule has 2 aliphatic rings. The van der Waals surface area contributed by atoms with Crippen LogP contribution in [-0.2, 0) is 33.3 Å². The Morgan fingerprint density at radius 3 is 1.91 bits per heavy atom. The van der Waals surface area contributed by atoms with Crippen LogP contribution in [0.15, 0.2) is 0 Å². The Balaban J connectivity index is 2.30. The zero-order chi connectivity index (χ0) is 32.9.